The van der Waals surface area contributed by atoms with Crippen molar-refractivity contribution in [3.63, 3.8) is 0 Å². The summed E-state index contributed by atoms with van der Waals surface area (Å²) in [6.45, 7) is 0. The molecule has 0 aromatic heterocycles. The summed E-state index contributed by atoms with van der Waals surface area (Å²) >= 11 is 5.30. The van der Waals surface area contributed by atoms with E-state index in [1.165, 1.54) is 0 Å². The van der Waals surface area contributed by atoms with Gasteiger partial charge < -0.3 is 5.11 Å². The maximum absolute atomic E-state index is 12.0. The first kappa shape index (κ1) is 9.61. The molecule has 5 heteroatoms. The molecule has 1 rings (SSSR count). The van der Waals surface area contributed by atoms with E-state index in [9.17, 15) is 13.2 Å². The zero-order valence-electron chi connectivity index (χ0n) is 5.90. The van der Waals surface area contributed by atoms with E-state index >= 15 is 0 Å². The fourth-order valence-corrected chi connectivity index (χ4v) is 1.11. The summed E-state index contributed by atoms with van der Waals surface area (Å²) < 4.78 is 36.0. The molecule has 0 saturated carbocycles. The summed E-state index contributed by atoms with van der Waals surface area (Å²) in [5.41, 5.74) is -0.817. The number of hydrogen-bond donors (Lipinski definition) is 1. The van der Waals surface area contributed by atoms with Gasteiger partial charge in [0.2, 0.25) is 0 Å². The van der Waals surface area contributed by atoms with Crippen molar-refractivity contribution < 1.29 is 18.3 Å². The van der Waals surface area contributed by atoms with Crippen LogP contribution in [0.15, 0.2) is 23.8 Å². The summed E-state index contributed by atoms with van der Waals surface area (Å²) in [5, 5.41) is 7.16. The lowest BCUT2D eigenvalue weighted by molar-refractivity contribution is -0.0974. The van der Waals surface area contributed by atoms with Gasteiger partial charge in [-0.05, 0) is 6.08 Å². The standard InChI is InChI=1S/C7H6ClF3O/c8-6(12)3-1-2-5(4-6)7(9,10)11/h1-3,12H,4H2. The second-order valence-electron chi connectivity index (χ2n) is 2.54. The Bertz CT molecular complexity index is 240. The van der Waals surface area contributed by atoms with Gasteiger partial charge in [-0.25, -0.2) is 0 Å². The van der Waals surface area contributed by atoms with E-state index in [0.717, 1.165) is 18.2 Å². The molecule has 0 amide bonds. The van der Waals surface area contributed by atoms with Crippen LogP contribution >= 0.6 is 11.6 Å². The van der Waals surface area contributed by atoms with Crippen LogP contribution in [0.1, 0.15) is 6.42 Å². The number of aliphatic hydroxyl groups is 1. The van der Waals surface area contributed by atoms with Crippen LogP contribution in [-0.4, -0.2) is 16.3 Å². The maximum Gasteiger partial charge on any atom is 0.412 e. The average molecular weight is 199 g/mol. The first-order valence-electron chi connectivity index (χ1n) is 3.18. The molecule has 0 radical (unpaired) electrons. The highest BCUT2D eigenvalue weighted by molar-refractivity contribution is 6.24. The average Bonchev–Trinajstić information content (AvgIpc) is 1.83. The molecule has 1 unspecified atom stereocenters. The highest BCUT2D eigenvalue weighted by atomic mass is 35.5. The quantitative estimate of drug-likeness (QED) is 0.593. The van der Waals surface area contributed by atoms with Gasteiger partial charge in [0.05, 0.1) is 0 Å². The molecule has 12 heavy (non-hydrogen) atoms. The minimum Gasteiger partial charge on any atom is -0.371 e. The van der Waals surface area contributed by atoms with Gasteiger partial charge in [0.25, 0.3) is 0 Å². The van der Waals surface area contributed by atoms with Crippen molar-refractivity contribution in [2.45, 2.75) is 17.7 Å². The third-order valence-electron chi connectivity index (χ3n) is 1.45. The first-order valence-corrected chi connectivity index (χ1v) is 3.56. The van der Waals surface area contributed by atoms with E-state index in [2.05, 4.69) is 0 Å². The number of allylic oxidation sites excluding steroid dienone is 2. The van der Waals surface area contributed by atoms with E-state index in [4.69, 9.17) is 16.7 Å². The van der Waals surface area contributed by atoms with Crippen molar-refractivity contribution in [2.24, 2.45) is 0 Å². The van der Waals surface area contributed by atoms with Gasteiger partial charge >= 0.3 is 6.18 Å². The molecule has 1 aliphatic rings. The minimum absolute atomic E-state index is 0.603. The Hall–Kier alpha value is -0.480. The van der Waals surface area contributed by atoms with E-state index in [-0.39, 0.29) is 0 Å². The van der Waals surface area contributed by atoms with Crippen molar-refractivity contribution in [1.29, 1.82) is 0 Å². The van der Waals surface area contributed by atoms with Crippen molar-refractivity contribution in [3.05, 3.63) is 23.8 Å². The third-order valence-corrected chi connectivity index (χ3v) is 1.71. The summed E-state index contributed by atoms with van der Waals surface area (Å²) in [6.07, 6.45) is -1.90. The van der Waals surface area contributed by atoms with Gasteiger partial charge in [-0.3, -0.25) is 0 Å². The molecule has 68 valence electrons. The Morgan fingerprint density at radius 2 is 2.08 bits per heavy atom. The molecule has 1 atom stereocenters. The second kappa shape index (κ2) is 2.78. The van der Waals surface area contributed by atoms with Crippen LogP contribution in [0.25, 0.3) is 0 Å². The van der Waals surface area contributed by atoms with Crippen LogP contribution in [0.3, 0.4) is 0 Å². The largest absolute Gasteiger partial charge is 0.412 e. The topological polar surface area (TPSA) is 20.2 Å². The smallest absolute Gasteiger partial charge is 0.371 e. The summed E-state index contributed by atoms with van der Waals surface area (Å²) in [5.74, 6) is 0. The van der Waals surface area contributed by atoms with Crippen LogP contribution in [0.5, 0.6) is 0 Å². The van der Waals surface area contributed by atoms with Crippen LogP contribution < -0.4 is 0 Å². The van der Waals surface area contributed by atoms with Gasteiger partial charge in [-0.2, -0.15) is 13.2 Å². The molecular weight excluding hydrogens is 193 g/mol. The van der Waals surface area contributed by atoms with E-state index in [0.29, 0.717) is 0 Å². The number of rotatable bonds is 0. The Kier molecular flexibility index (Phi) is 2.23. The van der Waals surface area contributed by atoms with Crippen molar-refractivity contribution in [2.75, 3.05) is 0 Å². The van der Waals surface area contributed by atoms with Gasteiger partial charge in [-0.1, -0.05) is 23.8 Å². The number of halogens is 4. The molecule has 1 N–H and O–H groups in total. The lowest BCUT2D eigenvalue weighted by Gasteiger charge is -2.22. The van der Waals surface area contributed by atoms with Gasteiger partial charge in [-0.15, -0.1) is 0 Å². The highest BCUT2D eigenvalue weighted by Crippen LogP contribution is 2.36. The Balaban J connectivity index is 2.84. The fourth-order valence-electron chi connectivity index (χ4n) is 0.891. The van der Waals surface area contributed by atoms with Gasteiger partial charge in [0.15, 0.2) is 5.06 Å². The molecule has 0 spiro atoms. The van der Waals surface area contributed by atoms with Crippen LogP contribution in [-0.2, 0) is 0 Å². The molecule has 1 nitrogen and oxygen atoms in total. The Morgan fingerprint density at radius 1 is 1.50 bits per heavy atom. The number of alkyl halides is 4. The van der Waals surface area contributed by atoms with Crippen LogP contribution in [0.4, 0.5) is 13.2 Å². The van der Waals surface area contributed by atoms with Crippen LogP contribution in [0, 0.1) is 0 Å². The first-order chi connectivity index (χ1) is 5.31. The van der Waals surface area contributed by atoms with Crippen LogP contribution in [0.2, 0.25) is 0 Å². The third kappa shape index (κ3) is 2.25. The zero-order valence-corrected chi connectivity index (χ0v) is 6.65. The minimum atomic E-state index is -4.41. The lowest BCUT2D eigenvalue weighted by atomic mass is 10.0. The number of hydrogen-bond acceptors (Lipinski definition) is 1. The highest BCUT2D eigenvalue weighted by Gasteiger charge is 2.39. The predicted octanol–water partition coefficient (Wildman–Crippen LogP) is 2.36. The predicted molar refractivity (Wildman–Crippen MR) is 38.7 cm³/mol. The molecule has 0 aromatic carbocycles. The van der Waals surface area contributed by atoms with E-state index in [1.807, 2.05) is 0 Å². The molecule has 0 aliphatic heterocycles. The molecular formula is C7H6ClF3O. The molecule has 0 heterocycles. The molecule has 0 fully saturated rings. The Labute approximate surface area is 72.1 Å². The van der Waals surface area contributed by atoms with Crippen molar-refractivity contribution in [1.82, 2.24) is 0 Å². The zero-order chi connectivity index (χ0) is 9.41. The van der Waals surface area contributed by atoms with Gasteiger partial charge in [0.1, 0.15) is 0 Å². The van der Waals surface area contributed by atoms with Crippen molar-refractivity contribution >= 4 is 11.6 Å². The molecule has 1 aliphatic carbocycles. The summed E-state index contributed by atoms with van der Waals surface area (Å²) in [6, 6.07) is 0. The Morgan fingerprint density at radius 3 is 2.42 bits per heavy atom. The van der Waals surface area contributed by atoms with E-state index in [1.54, 1.807) is 0 Å². The monoisotopic (exact) mass is 198 g/mol. The SMILES string of the molecule is OC1(Cl)C=CC=C(C(F)(F)F)C1. The second-order valence-corrected chi connectivity index (χ2v) is 3.20. The summed E-state index contributed by atoms with van der Waals surface area (Å²) in [4.78, 5) is 0. The fraction of sp³-hybridized carbons (Fsp3) is 0.429. The maximum atomic E-state index is 12.0. The molecule has 0 saturated heterocycles. The normalized spacial score (nSPS) is 30.2. The summed E-state index contributed by atoms with van der Waals surface area (Å²) in [7, 11) is 0. The lowest BCUT2D eigenvalue weighted by Crippen LogP contribution is -2.26. The van der Waals surface area contributed by atoms with E-state index < -0.39 is 23.2 Å². The molecule has 0 aromatic rings. The molecule has 0 bridgehead atoms. The van der Waals surface area contributed by atoms with Crippen molar-refractivity contribution in [3.8, 4) is 0 Å². The van der Waals surface area contributed by atoms with Gasteiger partial charge in [0, 0.05) is 12.0 Å².